The molecule has 0 aromatic heterocycles. The number of hydrogen-bond donors (Lipinski definition) is 2. The molecule has 0 radical (unpaired) electrons. The molecule has 1 fully saturated rings. The highest BCUT2D eigenvalue weighted by atomic mass is 35.5. The van der Waals surface area contributed by atoms with Gasteiger partial charge in [-0.1, -0.05) is 37.6 Å². The Labute approximate surface area is 180 Å². The fourth-order valence-electron chi connectivity index (χ4n) is 3.20. The number of hydrogen-bond acceptors (Lipinski definition) is 5. The van der Waals surface area contributed by atoms with E-state index in [9.17, 15) is 9.90 Å². The highest BCUT2D eigenvalue weighted by Crippen LogP contribution is 2.39. The van der Waals surface area contributed by atoms with Gasteiger partial charge in [0.05, 0.1) is 5.37 Å². The van der Waals surface area contributed by atoms with E-state index in [0.717, 1.165) is 16.9 Å². The van der Waals surface area contributed by atoms with Gasteiger partial charge in [-0.25, -0.2) is 0 Å². The topological polar surface area (TPSA) is 67.8 Å². The molecule has 2 N–H and O–H groups in total. The van der Waals surface area contributed by atoms with Crippen molar-refractivity contribution in [3.05, 3.63) is 58.1 Å². The molecule has 29 heavy (non-hydrogen) atoms. The van der Waals surface area contributed by atoms with Crippen molar-refractivity contribution < 1.29 is 19.4 Å². The molecule has 2 unspecified atom stereocenters. The highest BCUT2D eigenvalue weighted by Gasteiger charge is 2.32. The van der Waals surface area contributed by atoms with E-state index in [4.69, 9.17) is 21.1 Å². The Kier molecular flexibility index (Phi) is 7.33. The number of benzene rings is 2. The SMILES string of the molecule is Cc1ccc(C(C)C)c(OCCOc2ccc(Cl)cc2C2NC(C(=O)O)CS2)c1. The zero-order valence-corrected chi connectivity index (χ0v) is 18.3. The minimum atomic E-state index is -0.850. The lowest BCUT2D eigenvalue weighted by Crippen LogP contribution is -2.33. The average Bonchev–Trinajstić information content (AvgIpc) is 3.16. The van der Waals surface area contributed by atoms with Crippen LogP contribution >= 0.6 is 23.4 Å². The Morgan fingerprint density at radius 2 is 1.93 bits per heavy atom. The third kappa shape index (κ3) is 5.59. The number of rotatable bonds is 8. The predicted octanol–water partition coefficient (Wildman–Crippen LogP) is 5.02. The van der Waals surface area contributed by atoms with Crippen LogP contribution < -0.4 is 14.8 Å². The first-order valence-electron chi connectivity index (χ1n) is 9.61. The van der Waals surface area contributed by atoms with Gasteiger partial charge in [-0.15, -0.1) is 11.8 Å². The van der Waals surface area contributed by atoms with Gasteiger partial charge >= 0.3 is 5.97 Å². The summed E-state index contributed by atoms with van der Waals surface area (Å²) in [4.78, 5) is 11.2. The predicted molar refractivity (Wildman–Crippen MR) is 117 cm³/mol. The van der Waals surface area contributed by atoms with Gasteiger partial charge in [-0.05, 0) is 48.2 Å². The molecule has 0 bridgehead atoms. The van der Waals surface area contributed by atoms with Gasteiger partial charge in [0.15, 0.2) is 0 Å². The minimum absolute atomic E-state index is 0.171. The molecule has 1 aliphatic rings. The van der Waals surface area contributed by atoms with E-state index in [1.165, 1.54) is 17.3 Å². The fraction of sp³-hybridized carbons (Fsp3) is 0.409. The van der Waals surface area contributed by atoms with Crippen molar-refractivity contribution in [3.8, 4) is 11.5 Å². The first-order valence-corrected chi connectivity index (χ1v) is 11.0. The Morgan fingerprint density at radius 3 is 2.59 bits per heavy atom. The van der Waals surface area contributed by atoms with Gasteiger partial charge in [0.1, 0.15) is 30.8 Å². The number of thioether (sulfide) groups is 1. The normalized spacial score (nSPS) is 18.8. The number of nitrogens with one attached hydrogen (secondary N) is 1. The van der Waals surface area contributed by atoms with Crippen LogP contribution in [0.1, 0.15) is 41.8 Å². The summed E-state index contributed by atoms with van der Waals surface area (Å²) in [7, 11) is 0. The number of carboxylic acid groups (broad SMARTS) is 1. The first-order chi connectivity index (χ1) is 13.8. The van der Waals surface area contributed by atoms with Gasteiger partial charge in [0, 0.05) is 16.3 Å². The number of aliphatic carboxylic acids is 1. The molecule has 0 spiro atoms. The second-order valence-corrected chi connectivity index (χ2v) is 8.92. The molecule has 156 valence electrons. The number of carbonyl (C=O) groups is 1. The van der Waals surface area contributed by atoms with Crippen molar-refractivity contribution in [2.24, 2.45) is 0 Å². The monoisotopic (exact) mass is 435 g/mol. The molecular formula is C22H26ClNO4S. The van der Waals surface area contributed by atoms with E-state index in [0.29, 0.717) is 35.7 Å². The quantitative estimate of drug-likeness (QED) is 0.567. The highest BCUT2D eigenvalue weighted by molar-refractivity contribution is 7.99. The Hall–Kier alpha value is -1.89. The van der Waals surface area contributed by atoms with Crippen LogP contribution in [0.3, 0.4) is 0 Å². The van der Waals surface area contributed by atoms with Crippen LogP contribution in [0.25, 0.3) is 0 Å². The lowest BCUT2D eigenvalue weighted by Gasteiger charge is -2.18. The Bertz CT molecular complexity index is 874. The molecule has 5 nitrogen and oxygen atoms in total. The molecule has 2 aromatic carbocycles. The van der Waals surface area contributed by atoms with E-state index in [-0.39, 0.29) is 5.37 Å². The standard InChI is InChI=1S/C22H26ClNO4S/c1-13(2)16-6-4-14(3)10-20(16)28-9-8-27-19-7-5-15(23)11-17(19)21-24-18(12-29-21)22(25)26/h4-7,10-11,13,18,21,24H,8-9,12H2,1-3H3,(H,25,26). The van der Waals surface area contributed by atoms with E-state index < -0.39 is 12.0 Å². The molecule has 1 saturated heterocycles. The minimum Gasteiger partial charge on any atom is -0.490 e. The number of carboxylic acids is 1. The average molecular weight is 436 g/mol. The third-order valence-corrected chi connectivity index (χ3v) is 6.21. The van der Waals surface area contributed by atoms with Gasteiger partial charge in [0.25, 0.3) is 0 Å². The van der Waals surface area contributed by atoms with E-state index in [1.807, 2.05) is 25.1 Å². The zero-order valence-electron chi connectivity index (χ0n) is 16.8. The number of aryl methyl sites for hydroxylation is 1. The van der Waals surface area contributed by atoms with Crippen molar-refractivity contribution in [1.82, 2.24) is 5.32 Å². The van der Waals surface area contributed by atoms with Crippen molar-refractivity contribution in [3.63, 3.8) is 0 Å². The molecule has 2 aromatic rings. The van der Waals surface area contributed by atoms with Crippen molar-refractivity contribution in [2.75, 3.05) is 19.0 Å². The molecule has 0 aliphatic carbocycles. The smallest absolute Gasteiger partial charge is 0.321 e. The Balaban J connectivity index is 1.63. The summed E-state index contributed by atoms with van der Waals surface area (Å²) < 4.78 is 12.0. The van der Waals surface area contributed by atoms with E-state index >= 15 is 0 Å². The molecular weight excluding hydrogens is 410 g/mol. The van der Waals surface area contributed by atoms with Gasteiger partial charge in [-0.3, -0.25) is 10.1 Å². The van der Waals surface area contributed by atoms with Crippen LogP contribution in [0, 0.1) is 6.92 Å². The molecule has 1 heterocycles. The second kappa shape index (κ2) is 9.74. The molecule has 3 rings (SSSR count). The maximum absolute atomic E-state index is 11.2. The first kappa shape index (κ1) is 21.8. The van der Waals surface area contributed by atoms with Gasteiger partial charge in [-0.2, -0.15) is 0 Å². The number of ether oxygens (including phenoxy) is 2. The summed E-state index contributed by atoms with van der Waals surface area (Å²) in [6.45, 7) is 7.12. The molecule has 7 heteroatoms. The van der Waals surface area contributed by atoms with Crippen molar-refractivity contribution >= 4 is 29.3 Å². The maximum Gasteiger partial charge on any atom is 0.321 e. The van der Waals surface area contributed by atoms with Crippen LogP contribution in [0.5, 0.6) is 11.5 Å². The van der Waals surface area contributed by atoms with Crippen molar-refractivity contribution in [1.29, 1.82) is 0 Å². The van der Waals surface area contributed by atoms with Crippen molar-refractivity contribution in [2.45, 2.75) is 38.1 Å². The summed E-state index contributed by atoms with van der Waals surface area (Å²) in [6, 6.07) is 11.1. The summed E-state index contributed by atoms with van der Waals surface area (Å²) in [5, 5.41) is 12.7. The molecule has 0 saturated carbocycles. The van der Waals surface area contributed by atoms with Crippen LogP contribution in [0.2, 0.25) is 5.02 Å². The summed E-state index contributed by atoms with van der Waals surface area (Å²) >= 11 is 7.70. The lowest BCUT2D eigenvalue weighted by atomic mass is 10.0. The van der Waals surface area contributed by atoms with Crippen LogP contribution in [0.4, 0.5) is 0 Å². The largest absolute Gasteiger partial charge is 0.490 e. The zero-order chi connectivity index (χ0) is 21.0. The van der Waals surface area contributed by atoms with Crippen LogP contribution in [-0.4, -0.2) is 36.1 Å². The van der Waals surface area contributed by atoms with Crippen LogP contribution in [-0.2, 0) is 4.79 Å². The van der Waals surface area contributed by atoms with Gasteiger partial charge in [0.2, 0.25) is 0 Å². The maximum atomic E-state index is 11.2. The van der Waals surface area contributed by atoms with Gasteiger partial charge < -0.3 is 14.6 Å². The number of halogens is 1. The summed E-state index contributed by atoms with van der Waals surface area (Å²) in [6.07, 6.45) is 0. The Morgan fingerprint density at radius 1 is 1.21 bits per heavy atom. The molecule has 0 amide bonds. The molecule has 2 atom stereocenters. The molecule has 1 aliphatic heterocycles. The summed E-state index contributed by atoms with van der Waals surface area (Å²) in [5.74, 6) is 1.60. The third-order valence-electron chi connectivity index (χ3n) is 4.72. The van der Waals surface area contributed by atoms with E-state index in [1.54, 1.807) is 6.07 Å². The van der Waals surface area contributed by atoms with Crippen LogP contribution in [0.15, 0.2) is 36.4 Å². The second-order valence-electron chi connectivity index (χ2n) is 7.35. The fourth-order valence-corrected chi connectivity index (χ4v) is 4.62. The summed E-state index contributed by atoms with van der Waals surface area (Å²) in [5.41, 5.74) is 3.18. The lowest BCUT2D eigenvalue weighted by molar-refractivity contribution is -0.138. The van der Waals surface area contributed by atoms with E-state index in [2.05, 4.69) is 31.3 Å².